The number of hydrogen-bond donors (Lipinski definition) is 0. The number of halogens is 1. The summed E-state index contributed by atoms with van der Waals surface area (Å²) in [7, 11) is 0. The van der Waals surface area contributed by atoms with Crippen molar-refractivity contribution < 1.29 is 9.47 Å². The smallest absolute Gasteiger partial charge is 0.145 e. The van der Waals surface area contributed by atoms with E-state index < -0.39 is 0 Å². The van der Waals surface area contributed by atoms with Gasteiger partial charge in [-0.25, -0.2) is 0 Å². The fraction of sp³-hybridized carbons (Fsp3) is 0.444. The van der Waals surface area contributed by atoms with E-state index in [1.54, 1.807) is 0 Å². The molecule has 2 rings (SSSR count). The van der Waals surface area contributed by atoms with Crippen LogP contribution in [0.15, 0.2) is 30.3 Å². The van der Waals surface area contributed by atoms with Gasteiger partial charge in [0.15, 0.2) is 0 Å². The maximum atomic E-state index is 6.30. The standard InChI is InChI=1S/C18H23ClO2/c1-3-5-12-20-17-9-7-8-15-14(17)10-11-16(19)18(15)21-13-6-4-2/h7-11H,3-6,12-13H2,1-2H3. The van der Waals surface area contributed by atoms with Crippen LogP contribution in [0.1, 0.15) is 39.5 Å². The molecule has 0 spiro atoms. The lowest BCUT2D eigenvalue weighted by Crippen LogP contribution is -2.00. The van der Waals surface area contributed by atoms with Crippen molar-refractivity contribution in [2.24, 2.45) is 0 Å². The zero-order valence-corrected chi connectivity index (χ0v) is 13.6. The summed E-state index contributed by atoms with van der Waals surface area (Å²) in [4.78, 5) is 0. The zero-order chi connectivity index (χ0) is 15.1. The molecule has 3 heteroatoms. The van der Waals surface area contributed by atoms with Gasteiger partial charge in [-0.15, -0.1) is 0 Å². The lowest BCUT2D eigenvalue weighted by Gasteiger charge is -2.14. The number of rotatable bonds is 8. The molecule has 114 valence electrons. The lowest BCUT2D eigenvalue weighted by molar-refractivity contribution is 0.310. The van der Waals surface area contributed by atoms with Gasteiger partial charge in [0, 0.05) is 10.8 Å². The van der Waals surface area contributed by atoms with Gasteiger partial charge >= 0.3 is 0 Å². The van der Waals surface area contributed by atoms with Crippen LogP contribution in [0.2, 0.25) is 5.02 Å². The maximum Gasteiger partial charge on any atom is 0.145 e. The average molecular weight is 307 g/mol. The Morgan fingerprint density at radius 3 is 2.29 bits per heavy atom. The zero-order valence-electron chi connectivity index (χ0n) is 12.8. The Morgan fingerprint density at radius 2 is 1.57 bits per heavy atom. The van der Waals surface area contributed by atoms with E-state index in [0.29, 0.717) is 11.6 Å². The Kier molecular flexibility index (Phi) is 6.19. The molecule has 0 aromatic heterocycles. The second-order valence-corrected chi connectivity index (χ2v) is 5.54. The fourth-order valence-corrected chi connectivity index (χ4v) is 2.41. The van der Waals surface area contributed by atoms with E-state index >= 15 is 0 Å². The van der Waals surface area contributed by atoms with Gasteiger partial charge in [0.25, 0.3) is 0 Å². The summed E-state index contributed by atoms with van der Waals surface area (Å²) in [5, 5.41) is 2.74. The highest BCUT2D eigenvalue weighted by Gasteiger charge is 2.10. The van der Waals surface area contributed by atoms with Crippen LogP contribution in [-0.4, -0.2) is 13.2 Å². The third-order valence-corrected chi connectivity index (χ3v) is 3.72. The molecule has 2 aromatic rings. The molecule has 2 nitrogen and oxygen atoms in total. The minimum Gasteiger partial charge on any atom is -0.493 e. The summed E-state index contributed by atoms with van der Waals surface area (Å²) in [5.41, 5.74) is 0. The first-order valence-electron chi connectivity index (χ1n) is 7.74. The Balaban J connectivity index is 2.31. The molecule has 0 atom stereocenters. The van der Waals surface area contributed by atoms with Gasteiger partial charge in [0.2, 0.25) is 0 Å². The van der Waals surface area contributed by atoms with Crippen molar-refractivity contribution >= 4 is 22.4 Å². The van der Waals surface area contributed by atoms with Gasteiger partial charge in [0.05, 0.1) is 18.2 Å². The van der Waals surface area contributed by atoms with Gasteiger partial charge in [-0.05, 0) is 31.0 Å². The van der Waals surface area contributed by atoms with Crippen molar-refractivity contribution in [2.45, 2.75) is 39.5 Å². The highest BCUT2D eigenvalue weighted by Crippen LogP contribution is 2.37. The molecule has 21 heavy (non-hydrogen) atoms. The number of benzene rings is 2. The van der Waals surface area contributed by atoms with E-state index in [4.69, 9.17) is 21.1 Å². The second kappa shape index (κ2) is 8.14. The molecule has 2 aromatic carbocycles. The van der Waals surface area contributed by atoms with Crippen LogP contribution in [-0.2, 0) is 0 Å². The minimum absolute atomic E-state index is 0.657. The van der Waals surface area contributed by atoms with E-state index in [1.165, 1.54) is 0 Å². The van der Waals surface area contributed by atoms with Gasteiger partial charge < -0.3 is 9.47 Å². The van der Waals surface area contributed by atoms with Crippen molar-refractivity contribution in [3.05, 3.63) is 35.4 Å². The summed E-state index contributed by atoms with van der Waals surface area (Å²) in [5.74, 6) is 1.67. The molecular weight excluding hydrogens is 284 g/mol. The van der Waals surface area contributed by atoms with E-state index in [0.717, 1.165) is 54.6 Å². The molecule has 0 N–H and O–H groups in total. The summed E-state index contributed by atoms with van der Waals surface area (Å²) >= 11 is 6.30. The normalized spacial score (nSPS) is 10.8. The van der Waals surface area contributed by atoms with E-state index in [1.807, 2.05) is 30.3 Å². The van der Waals surface area contributed by atoms with Crippen LogP contribution in [0, 0.1) is 0 Å². The molecule has 0 aliphatic carbocycles. The van der Waals surface area contributed by atoms with Crippen LogP contribution in [0.5, 0.6) is 11.5 Å². The Labute approximate surface area is 132 Å². The fourth-order valence-electron chi connectivity index (χ4n) is 2.19. The quantitative estimate of drug-likeness (QED) is 0.569. The minimum atomic E-state index is 0.657. The predicted molar refractivity (Wildman–Crippen MR) is 89.8 cm³/mol. The van der Waals surface area contributed by atoms with E-state index in [-0.39, 0.29) is 0 Å². The van der Waals surface area contributed by atoms with E-state index in [9.17, 15) is 0 Å². The lowest BCUT2D eigenvalue weighted by atomic mass is 10.1. The first-order chi connectivity index (χ1) is 10.3. The molecule has 0 saturated carbocycles. The largest absolute Gasteiger partial charge is 0.493 e. The van der Waals surface area contributed by atoms with Crippen molar-refractivity contribution in [2.75, 3.05) is 13.2 Å². The number of fused-ring (bicyclic) bond motifs is 1. The third-order valence-electron chi connectivity index (χ3n) is 3.42. The summed E-state index contributed by atoms with van der Waals surface area (Å²) in [6.07, 6.45) is 4.32. The topological polar surface area (TPSA) is 18.5 Å². The summed E-state index contributed by atoms with van der Waals surface area (Å²) in [6, 6.07) is 9.92. The van der Waals surface area contributed by atoms with Crippen LogP contribution in [0.4, 0.5) is 0 Å². The van der Waals surface area contributed by atoms with Gasteiger partial charge in [-0.1, -0.05) is 50.4 Å². The molecular formula is C18H23ClO2. The molecule has 0 radical (unpaired) electrons. The average Bonchev–Trinajstić information content (AvgIpc) is 2.50. The summed E-state index contributed by atoms with van der Waals surface area (Å²) in [6.45, 7) is 5.74. The van der Waals surface area contributed by atoms with Crippen LogP contribution >= 0.6 is 11.6 Å². The van der Waals surface area contributed by atoms with Crippen LogP contribution in [0.25, 0.3) is 10.8 Å². The second-order valence-electron chi connectivity index (χ2n) is 5.13. The molecule has 0 amide bonds. The van der Waals surface area contributed by atoms with Crippen molar-refractivity contribution in [3.8, 4) is 11.5 Å². The first kappa shape index (κ1) is 16.0. The molecule has 0 bridgehead atoms. The number of hydrogen-bond acceptors (Lipinski definition) is 2. The Morgan fingerprint density at radius 1 is 0.857 bits per heavy atom. The van der Waals surface area contributed by atoms with Crippen LogP contribution < -0.4 is 9.47 Å². The maximum absolute atomic E-state index is 6.30. The number of unbranched alkanes of at least 4 members (excludes halogenated alkanes) is 2. The predicted octanol–water partition coefficient (Wildman–Crippen LogP) is 5.85. The highest BCUT2D eigenvalue weighted by molar-refractivity contribution is 6.33. The molecule has 0 aliphatic rings. The molecule has 0 unspecified atom stereocenters. The van der Waals surface area contributed by atoms with E-state index in [2.05, 4.69) is 13.8 Å². The Bertz CT molecular complexity index is 581. The highest BCUT2D eigenvalue weighted by atomic mass is 35.5. The summed E-state index contributed by atoms with van der Waals surface area (Å²) < 4.78 is 11.8. The molecule has 0 saturated heterocycles. The first-order valence-corrected chi connectivity index (χ1v) is 8.12. The van der Waals surface area contributed by atoms with Crippen molar-refractivity contribution in [3.63, 3.8) is 0 Å². The van der Waals surface area contributed by atoms with Crippen molar-refractivity contribution in [1.29, 1.82) is 0 Å². The van der Waals surface area contributed by atoms with Gasteiger partial charge in [-0.3, -0.25) is 0 Å². The van der Waals surface area contributed by atoms with Gasteiger partial charge in [-0.2, -0.15) is 0 Å². The third kappa shape index (κ3) is 4.04. The molecule has 0 fully saturated rings. The Hall–Kier alpha value is -1.41. The number of ether oxygens (including phenoxy) is 2. The molecule has 0 aliphatic heterocycles. The van der Waals surface area contributed by atoms with Gasteiger partial charge in [0.1, 0.15) is 11.5 Å². The molecule has 0 heterocycles. The monoisotopic (exact) mass is 306 g/mol. The SMILES string of the molecule is CCCCOc1cccc2c(OCCCC)c(Cl)ccc12. The van der Waals surface area contributed by atoms with Crippen LogP contribution in [0.3, 0.4) is 0 Å². The van der Waals surface area contributed by atoms with Crippen molar-refractivity contribution in [1.82, 2.24) is 0 Å².